The van der Waals surface area contributed by atoms with E-state index in [4.69, 9.17) is 11.6 Å². The minimum atomic E-state index is 0.0499. The first-order valence-corrected chi connectivity index (χ1v) is 10.5. The third-order valence-electron chi connectivity index (χ3n) is 5.88. The van der Waals surface area contributed by atoms with E-state index in [1.165, 1.54) is 4.88 Å². The summed E-state index contributed by atoms with van der Waals surface area (Å²) in [6.07, 6.45) is 2.88. The summed E-state index contributed by atoms with van der Waals surface area (Å²) in [5.74, 6) is 0.0955. The monoisotopic (exact) mass is 396 g/mol. The molecule has 2 atom stereocenters. The van der Waals surface area contributed by atoms with Crippen molar-refractivity contribution in [3.63, 3.8) is 0 Å². The summed E-state index contributed by atoms with van der Waals surface area (Å²) >= 11 is 7.66. The highest BCUT2D eigenvalue weighted by atomic mass is 35.5. The maximum absolute atomic E-state index is 12.6. The van der Waals surface area contributed by atoms with E-state index in [9.17, 15) is 9.59 Å². The Kier molecular flexibility index (Phi) is 5.12. The van der Waals surface area contributed by atoms with Gasteiger partial charge in [-0.25, -0.2) is 4.79 Å². The first-order chi connectivity index (χ1) is 12.5. The largest absolute Gasteiger partial charge is 0.341 e. The number of carbonyl (C=O) groups is 2. The van der Waals surface area contributed by atoms with E-state index in [1.807, 2.05) is 11.0 Å². The molecule has 1 aromatic rings. The summed E-state index contributed by atoms with van der Waals surface area (Å²) in [5, 5.41) is 3.11. The molecule has 142 valence electrons. The summed E-state index contributed by atoms with van der Waals surface area (Å²) in [4.78, 5) is 31.9. The highest BCUT2D eigenvalue weighted by molar-refractivity contribution is 7.16. The molecular weight excluding hydrogens is 372 g/mol. The molecule has 3 saturated heterocycles. The lowest BCUT2D eigenvalue weighted by molar-refractivity contribution is -0.130. The zero-order chi connectivity index (χ0) is 18.3. The fourth-order valence-electron chi connectivity index (χ4n) is 4.53. The summed E-state index contributed by atoms with van der Waals surface area (Å²) in [7, 11) is 0. The Morgan fingerprint density at radius 1 is 1.27 bits per heavy atom. The highest BCUT2D eigenvalue weighted by Gasteiger charge is 2.46. The number of likely N-dealkylation sites (tertiary alicyclic amines) is 2. The second-order valence-corrected chi connectivity index (χ2v) is 9.30. The molecule has 0 saturated carbocycles. The van der Waals surface area contributed by atoms with Gasteiger partial charge in [0.1, 0.15) is 0 Å². The quantitative estimate of drug-likeness (QED) is 0.853. The van der Waals surface area contributed by atoms with Crippen LogP contribution in [-0.4, -0.2) is 70.9 Å². The van der Waals surface area contributed by atoms with Crippen LogP contribution in [0, 0.1) is 0 Å². The third-order valence-corrected chi connectivity index (χ3v) is 7.10. The molecule has 8 heteroatoms. The fourth-order valence-corrected chi connectivity index (χ4v) is 5.66. The average Bonchev–Trinajstić information content (AvgIpc) is 3.17. The van der Waals surface area contributed by atoms with Crippen LogP contribution in [0.5, 0.6) is 0 Å². The molecule has 26 heavy (non-hydrogen) atoms. The van der Waals surface area contributed by atoms with Crippen LogP contribution in [0.3, 0.4) is 0 Å². The molecule has 4 rings (SSSR count). The number of amides is 3. The van der Waals surface area contributed by atoms with Crippen molar-refractivity contribution < 1.29 is 9.59 Å². The SMILES string of the molecule is CC(=O)N1CCC2C(C1)NC(=O)N2C1CCN(Cc2ccc(Cl)s2)CC1. The molecule has 0 aromatic carbocycles. The van der Waals surface area contributed by atoms with E-state index in [1.54, 1.807) is 18.3 Å². The number of hydrogen-bond donors (Lipinski definition) is 1. The van der Waals surface area contributed by atoms with E-state index in [-0.39, 0.29) is 24.0 Å². The number of hydrogen-bond acceptors (Lipinski definition) is 4. The van der Waals surface area contributed by atoms with Crippen molar-refractivity contribution in [3.05, 3.63) is 21.3 Å². The van der Waals surface area contributed by atoms with Crippen molar-refractivity contribution in [2.45, 2.75) is 50.9 Å². The van der Waals surface area contributed by atoms with Gasteiger partial charge in [-0.15, -0.1) is 11.3 Å². The Bertz CT molecular complexity index is 688. The van der Waals surface area contributed by atoms with Gasteiger partial charge in [-0.3, -0.25) is 9.69 Å². The molecular formula is C18H25ClN4O2S. The van der Waals surface area contributed by atoms with Crippen LogP contribution in [-0.2, 0) is 11.3 Å². The molecule has 3 amide bonds. The van der Waals surface area contributed by atoms with Crippen LogP contribution >= 0.6 is 22.9 Å². The second kappa shape index (κ2) is 7.37. The first-order valence-electron chi connectivity index (χ1n) is 9.32. The number of halogens is 1. The Hall–Kier alpha value is -1.31. The maximum atomic E-state index is 12.6. The minimum Gasteiger partial charge on any atom is -0.341 e. The Labute approximate surface area is 163 Å². The standard InChI is InChI=1S/C18H25ClN4O2S/c1-12(24)22-9-6-16-15(11-22)20-18(25)23(16)13-4-7-21(8-5-13)10-14-2-3-17(19)26-14/h2-3,13,15-16H,4-11H2,1H3,(H,20,25). The molecule has 0 bridgehead atoms. The number of nitrogens with one attached hydrogen (secondary N) is 1. The summed E-state index contributed by atoms with van der Waals surface area (Å²) < 4.78 is 0.839. The number of piperidine rings is 2. The third kappa shape index (κ3) is 3.57. The fraction of sp³-hybridized carbons (Fsp3) is 0.667. The molecule has 3 aliphatic rings. The number of thiophene rings is 1. The minimum absolute atomic E-state index is 0.0499. The van der Waals surface area contributed by atoms with Gasteiger partial charge in [0.2, 0.25) is 5.91 Å². The van der Waals surface area contributed by atoms with Gasteiger partial charge in [0.25, 0.3) is 0 Å². The Morgan fingerprint density at radius 2 is 2.04 bits per heavy atom. The lowest BCUT2D eigenvalue weighted by atomic mass is 9.95. The maximum Gasteiger partial charge on any atom is 0.318 e. The number of fused-ring (bicyclic) bond motifs is 1. The van der Waals surface area contributed by atoms with Gasteiger partial charge in [0.05, 0.1) is 16.4 Å². The summed E-state index contributed by atoms with van der Waals surface area (Å²) in [6.45, 7) is 5.93. The van der Waals surface area contributed by atoms with Gasteiger partial charge in [-0.2, -0.15) is 0 Å². The van der Waals surface area contributed by atoms with Crippen molar-refractivity contribution in [1.82, 2.24) is 20.0 Å². The lowest BCUT2D eigenvalue weighted by Gasteiger charge is -2.42. The van der Waals surface area contributed by atoms with E-state index in [0.29, 0.717) is 12.6 Å². The number of carbonyl (C=O) groups excluding carboxylic acids is 2. The van der Waals surface area contributed by atoms with Crippen molar-refractivity contribution in [2.75, 3.05) is 26.2 Å². The molecule has 0 aliphatic carbocycles. The first kappa shape index (κ1) is 18.1. The van der Waals surface area contributed by atoms with E-state index in [0.717, 1.165) is 49.8 Å². The van der Waals surface area contributed by atoms with Crippen molar-refractivity contribution in [2.24, 2.45) is 0 Å². The van der Waals surface area contributed by atoms with E-state index >= 15 is 0 Å². The van der Waals surface area contributed by atoms with Crippen LogP contribution in [0.4, 0.5) is 4.79 Å². The number of rotatable bonds is 3. The lowest BCUT2D eigenvalue weighted by Crippen LogP contribution is -2.55. The highest BCUT2D eigenvalue weighted by Crippen LogP contribution is 2.30. The van der Waals surface area contributed by atoms with Crippen LogP contribution in [0.15, 0.2) is 12.1 Å². The van der Waals surface area contributed by atoms with Gasteiger partial charge >= 0.3 is 6.03 Å². The molecule has 0 spiro atoms. The van der Waals surface area contributed by atoms with E-state index in [2.05, 4.69) is 21.2 Å². The summed E-state index contributed by atoms with van der Waals surface area (Å²) in [5.41, 5.74) is 0. The predicted molar refractivity (Wildman–Crippen MR) is 102 cm³/mol. The summed E-state index contributed by atoms with van der Waals surface area (Å²) in [6, 6.07) is 4.71. The molecule has 0 radical (unpaired) electrons. The number of nitrogens with zero attached hydrogens (tertiary/aromatic N) is 3. The molecule has 6 nitrogen and oxygen atoms in total. The topological polar surface area (TPSA) is 55.9 Å². The van der Waals surface area contributed by atoms with Crippen LogP contribution in [0.2, 0.25) is 4.34 Å². The van der Waals surface area contributed by atoms with Gasteiger partial charge in [0, 0.05) is 50.6 Å². The van der Waals surface area contributed by atoms with Gasteiger partial charge in [-0.05, 0) is 31.4 Å². The molecule has 2 unspecified atom stereocenters. The normalized spacial score (nSPS) is 27.5. The second-order valence-electron chi connectivity index (χ2n) is 7.50. The molecule has 1 N–H and O–H groups in total. The molecule has 3 aliphatic heterocycles. The van der Waals surface area contributed by atoms with E-state index < -0.39 is 0 Å². The predicted octanol–water partition coefficient (Wildman–Crippen LogP) is 2.38. The smallest absolute Gasteiger partial charge is 0.318 e. The molecule has 4 heterocycles. The zero-order valence-electron chi connectivity index (χ0n) is 15.0. The van der Waals surface area contributed by atoms with Crippen molar-refractivity contribution in [3.8, 4) is 0 Å². The zero-order valence-corrected chi connectivity index (χ0v) is 16.6. The van der Waals surface area contributed by atoms with Crippen LogP contribution in [0.1, 0.15) is 31.1 Å². The van der Waals surface area contributed by atoms with Gasteiger partial charge in [-0.1, -0.05) is 11.6 Å². The van der Waals surface area contributed by atoms with Crippen molar-refractivity contribution in [1.29, 1.82) is 0 Å². The molecule has 1 aromatic heterocycles. The van der Waals surface area contributed by atoms with Crippen LogP contribution < -0.4 is 5.32 Å². The number of urea groups is 1. The van der Waals surface area contributed by atoms with Gasteiger partial charge in [0.15, 0.2) is 0 Å². The Balaban J connectivity index is 1.34. The van der Waals surface area contributed by atoms with Crippen molar-refractivity contribution >= 4 is 34.9 Å². The van der Waals surface area contributed by atoms with Gasteiger partial charge < -0.3 is 15.1 Å². The molecule has 3 fully saturated rings. The average molecular weight is 397 g/mol. The Morgan fingerprint density at radius 3 is 2.69 bits per heavy atom. The van der Waals surface area contributed by atoms with Crippen LogP contribution in [0.25, 0.3) is 0 Å².